The Kier molecular flexibility index (Phi) is 7.45. The highest BCUT2D eigenvalue weighted by Gasteiger charge is 2.28. The summed E-state index contributed by atoms with van der Waals surface area (Å²) < 4.78 is 40.5. The third-order valence-electron chi connectivity index (χ3n) is 6.16. The van der Waals surface area contributed by atoms with Gasteiger partial charge in [-0.2, -0.15) is 4.31 Å². The molecule has 0 bridgehead atoms. The Bertz CT molecular complexity index is 1090. The highest BCUT2D eigenvalue weighted by Crippen LogP contribution is 2.28. The quantitative estimate of drug-likeness (QED) is 0.670. The van der Waals surface area contributed by atoms with Gasteiger partial charge in [0.15, 0.2) is 0 Å². The molecule has 1 aromatic heterocycles. The van der Waals surface area contributed by atoms with Crippen molar-refractivity contribution >= 4 is 33.2 Å². The van der Waals surface area contributed by atoms with Gasteiger partial charge >= 0.3 is 0 Å². The molecule has 178 valence electrons. The van der Waals surface area contributed by atoms with Crippen molar-refractivity contribution in [3.8, 4) is 0 Å². The van der Waals surface area contributed by atoms with Crippen LogP contribution in [0.4, 0.5) is 4.39 Å². The number of carbonyl (C=O) groups is 2. The zero-order chi connectivity index (χ0) is 23.4. The lowest BCUT2D eigenvalue weighted by Gasteiger charge is -2.32. The zero-order valence-electron chi connectivity index (χ0n) is 18.3. The molecule has 3 heterocycles. The molecule has 1 aromatic carbocycles. The van der Waals surface area contributed by atoms with Crippen LogP contribution in [-0.2, 0) is 21.2 Å². The topological polar surface area (TPSA) is 86.8 Å². The fraction of sp³-hybridized carbons (Fsp3) is 0.478. The van der Waals surface area contributed by atoms with Crippen molar-refractivity contribution in [2.45, 2.75) is 48.8 Å². The summed E-state index contributed by atoms with van der Waals surface area (Å²) >= 11 is 1.17. The van der Waals surface area contributed by atoms with Crippen LogP contribution in [0, 0.1) is 5.82 Å². The van der Waals surface area contributed by atoms with E-state index in [1.165, 1.54) is 35.6 Å². The van der Waals surface area contributed by atoms with E-state index in [0.717, 1.165) is 24.1 Å². The Morgan fingerprint density at radius 3 is 2.30 bits per heavy atom. The van der Waals surface area contributed by atoms with Crippen LogP contribution < -0.4 is 5.32 Å². The lowest BCUT2D eigenvalue weighted by atomic mass is 10.0. The monoisotopic (exact) mass is 493 g/mol. The number of thiophene rings is 1. The average Bonchev–Trinajstić information content (AvgIpc) is 3.30. The van der Waals surface area contributed by atoms with Gasteiger partial charge in [0.2, 0.25) is 5.91 Å². The Balaban J connectivity index is 1.27. The number of nitrogens with one attached hydrogen (secondary N) is 1. The highest BCUT2D eigenvalue weighted by molar-refractivity contribution is 7.91. The standard InChI is InChI=1S/C23H28FN3O4S2/c24-18-6-4-17(5-7-18)23(29)25-19-10-14-26(15-11-19)21(28)16-20-8-9-22(32-20)33(30,31)27-12-2-1-3-13-27/h4-9,19H,1-3,10-16H2,(H,25,29). The number of piperidine rings is 2. The number of benzene rings is 1. The van der Waals surface area contributed by atoms with E-state index in [2.05, 4.69) is 5.32 Å². The van der Waals surface area contributed by atoms with Gasteiger partial charge in [0, 0.05) is 42.7 Å². The van der Waals surface area contributed by atoms with E-state index in [9.17, 15) is 22.4 Å². The summed E-state index contributed by atoms with van der Waals surface area (Å²) in [6.45, 7) is 2.16. The SMILES string of the molecule is O=C(NC1CCN(C(=O)Cc2ccc(S(=O)(=O)N3CCCCC3)s2)CC1)c1ccc(F)cc1. The van der Waals surface area contributed by atoms with Crippen molar-refractivity contribution in [2.75, 3.05) is 26.2 Å². The summed E-state index contributed by atoms with van der Waals surface area (Å²) in [5, 5.41) is 2.95. The van der Waals surface area contributed by atoms with E-state index in [-0.39, 0.29) is 30.1 Å². The van der Waals surface area contributed by atoms with Crippen LogP contribution in [0.2, 0.25) is 0 Å². The molecule has 0 radical (unpaired) electrons. The van der Waals surface area contributed by atoms with Gasteiger partial charge in [-0.05, 0) is 62.1 Å². The fourth-order valence-corrected chi connectivity index (χ4v) is 7.25. The molecule has 2 aliphatic rings. The average molecular weight is 494 g/mol. The predicted molar refractivity (Wildman–Crippen MR) is 124 cm³/mol. The van der Waals surface area contributed by atoms with Gasteiger partial charge in [-0.1, -0.05) is 6.42 Å². The van der Waals surface area contributed by atoms with Crippen LogP contribution in [0.25, 0.3) is 0 Å². The van der Waals surface area contributed by atoms with Gasteiger partial charge in [-0.25, -0.2) is 12.8 Å². The van der Waals surface area contributed by atoms with Crippen LogP contribution in [0.15, 0.2) is 40.6 Å². The van der Waals surface area contributed by atoms with E-state index >= 15 is 0 Å². The molecule has 7 nitrogen and oxygen atoms in total. The molecule has 10 heteroatoms. The minimum atomic E-state index is -3.48. The lowest BCUT2D eigenvalue weighted by Crippen LogP contribution is -2.46. The van der Waals surface area contributed by atoms with E-state index in [0.29, 0.717) is 48.8 Å². The molecule has 2 saturated heterocycles. The van der Waals surface area contributed by atoms with Crippen LogP contribution in [0.5, 0.6) is 0 Å². The molecule has 4 rings (SSSR count). The lowest BCUT2D eigenvalue weighted by molar-refractivity contribution is -0.131. The van der Waals surface area contributed by atoms with Crippen molar-refractivity contribution in [3.63, 3.8) is 0 Å². The molecule has 0 unspecified atom stereocenters. The minimum absolute atomic E-state index is 0.0397. The van der Waals surface area contributed by atoms with Crippen LogP contribution >= 0.6 is 11.3 Å². The summed E-state index contributed by atoms with van der Waals surface area (Å²) in [7, 11) is -3.48. The number of nitrogens with zero attached hydrogens (tertiary/aromatic N) is 2. The number of hydrogen-bond acceptors (Lipinski definition) is 5. The maximum absolute atomic E-state index is 13.0. The van der Waals surface area contributed by atoms with Crippen molar-refractivity contribution in [2.24, 2.45) is 0 Å². The van der Waals surface area contributed by atoms with Crippen LogP contribution in [0.1, 0.15) is 47.3 Å². The highest BCUT2D eigenvalue weighted by atomic mass is 32.2. The van der Waals surface area contributed by atoms with E-state index < -0.39 is 10.0 Å². The van der Waals surface area contributed by atoms with E-state index in [4.69, 9.17) is 0 Å². The first kappa shape index (κ1) is 23.8. The number of rotatable bonds is 6. The molecule has 2 fully saturated rings. The number of amides is 2. The third-order valence-corrected chi connectivity index (χ3v) is 9.61. The van der Waals surface area contributed by atoms with Crippen molar-refractivity contribution < 1.29 is 22.4 Å². The number of hydrogen-bond donors (Lipinski definition) is 1. The van der Waals surface area contributed by atoms with Crippen LogP contribution in [-0.4, -0.2) is 61.7 Å². The first-order valence-electron chi connectivity index (χ1n) is 11.3. The molecule has 0 atom stereocenters. The van der Waals surface area contributed by atoms with Crippen molar-refractivity contribution in [1.82, 2.24) is 14.5 Å². The maximum Gasteiger partial charge on any atom is 0.252 e. The molecule has 1 N–H and O–H groups in total. The first-order chi connectivity index (χ1) is 15.8. The van der Waals surface area contributed by atoms with Gasteiger partial charge in [-0.15, -0.1) is 11.3 Å². The number of carbonyl (C=O) groups excluding carboxylic acids is 2. The Morgan fingerprint density at radius 1 is 0.970 bits per heavy atom. The molecule has 2 amide bonds. The zero-order valence-corrected chi connectivity index (χ0v) is 20.0. The largest absolute Gasteiger partial charge is 0.349 e. The molecule has 0 aliphatic carbocycles. The maximum atomic E-state index is 13.0. The summed E-state index contributed by atoms with van der Waals surface area (Å²) in [6.07, 6.45) is 4.28. The Labute approximate surface area is 197 Å². The molecule has 0 saturated carbocycles. The molecular formula is C23H28FN3O4S2. The number of likely N-dealkylation sites (tertiary alicyclic amines) is 1. The molecular weight excluding hydrogens is 465 g/mol. The van der Waals surface area contributed by atoms with Crippen molar-refractivity contribution in [1.29, 1.82) is 0 Å². The molecule has 0 spiro atoms. The smallest absolute Gasteiger partial charge is 0.252 e. The molecule has 33 heavy (non-hydrogen) atoms. The Hall–Kier alpha value is -2.30. The van der Waals surface area contributed by atoms with E-state index in [1.54, 1.807) is 21.3 Å². The van der Waals surface area contributed by atoms with Gasteiger partial charge in [-0.3, -0.25) is 9.59 Å². The van der Waals surface area contributed by atoms with Crippen LogP contribution in [0.3, 0.4) is 0 Å². The summed E-state index contributed by atoms with van der Waals surface area (Å²) in [4.78, 5) is 27.6. The normalized spacial score (nSPS) is 18.3. The fourth-order valence-electron chi connectivity index (χ4n) is 4.23. The van der Waals surface area contributed by atoms with Gasteiger partial charge in [0.25, 0.3) is 15.9 Å². The molecule has 2 aromatic rings. The summed E-state index contributed by atoms with van der Waals surface area (Å²) in [5.41, 5.74) is 0.405. The number of sulfonamides is 1. The molecule has 2 aliphatic heterocycles. The van der Waals surface area contributed by atoms with Crippen molar-refractivity contribution in [3.05, 3.63) is 52.7 Å². The third kappa shape index (κ3) is 5.80. The van der Waals surface area contributed by atoms with E-state index in [1.807, 2.05) is 0 Å². The second-order valence-electron chi connectivity index (χ2n) is 8.50. The van der Waals surface area contributed by atoms with Gasteiger partial charge in [0.05, 0.1) is 6.42 Å². The predicted octanol–water partition coefficient (Wildman–Crippen LogP) is 3.03. The number of halogens is 1. The van der Waals surface area contributed by atoms with Gasteiger partial charge < -0.3 is 10.2 Å². The second kappa shape index (κ2) is 10.3. The Morgan fingerprint density at radius 2 is 1.64 bits per heavy atom. The minimum Gasteiger partial charge on any atom is -0.349 e. The van der Waals surface area contributed by atoms with Gasteiger partial charge in [0.1, 0.15) is 10.0 Å². The first-order valence-corrected chi connectivity index (χ1v) is 13.5. The summed E-state index contributed by atoms with van der Waals surface area (Å²) in [5.74, 6) is -0.678. The summed E-state index contributed by atoms with van der Waals surface area (Å²) in [6, 6.07) is 8.70. The second-order valence-corrected chi connectivity index (χ2v) is 11.8.